The largest absolute Gasteiger partial charge is 0.497 e. The van der Waals surface area contributed by atoms with Gasteiger partial charge in [0.1, 0.15) is 11.5 Å². The van der Waals surface area contributed by atoms with Crippen molar-refractivity contribution in [3.63, 3.8) is 0 Å². The van der Waals surface area contributed by atoms with Gasteiger partial charge in [0.25, 0.3) is 5.91 Å². The Bertz CT molecular complexity index is 812. The summed E-state index contributed by atoms with van der Waals surface area (Å²) in [7, 11) is 1.64. The molecular weight excluding hydrogens is 372 g/mol. The first kappa shape index (κ1) is 20.5. The van der Waals surface area contributed by atoms with Gasteiger partial charge in [-0.15, -0.1) is 0 Å². The van der Waals surface area contributed by atoms with E-state index in [9.17, 15) is 9.59 Å². The lowest BCUT2D eigenvalue weighted by molar-refractivity contribution is -0.153. The second-order valence-corrected chi connectivity index (χ2v) is 6.83. The Balaban J connectivity index is 1.37. The highest BCUT2D eigenvalue weighted by Crippen LogP contribution is 2.20. The summed E-state index contributed by atoms with van der Waals surface area (Å²) >= 11 is 0. The van der Waals surface area contributed by atoms with Crippen molar-refractivity contribution in [3.8, 4) is 11.5 Å². The number of benzene rings is 2. The third-order valence-corrected chi connectivity index (χ3v) is 4.80. The van der Waals surface area contributed by atoms with Gasteiger partial charge < -0.3 is 24.0 Å². The highest BCUT2D eigenvalue weighted by atomic mass is 16.6. The summed E-state index contributed by atoms with van der Waals surface area (Å²) < 4.78 is 15.6. The number of amides is 1. The zero-order valence-corrected chi connectivity index (χ0v) is 16.8. The molecule has 0 unspecified atom stereocenters. The molecule has 2 aromatic carbocycles. The summed E-state index contributed by atoms with van der Waals surface area (Å²) in [6, 6.07) is 15.2. The Kier molecular flexibility index (Phi) is 6.94. The van der Waals surface area contributed by atoms with Crippen LogP contribution in [0.5, 0.6) is 11.5 Å². The van der Waals surface area contributed by atoms with Crippen LogP contribution in [-0.4, -0.2) is 63.3 Å². The van der Waals surface area contributed by atoms with Crippen LogP contribution < -0.4 is 14.4 Å². The number of aryl methyl sites for hydroxylation is 1. The Labute approximate surface area is 170 Å². The number of carbonyl (C=O) groups is 2. The van der Waals surface area contributed by atoms with Crippen LogP contribution in [0, 0.1) is 6.92 Å². The SMILES string of the molecule is COc1ccc(N2CCN(C(=O)COC(=O)COc3ccc(C)cc3)CC2)cc1. The van der Waals surface area contributed by atoms with Gasteiger partial charge in [-0.25, -0.2) is 4.79 Å². The molecule has 3 rings (SSSR count). The average molecular weight is 398 g/mol. The van der Waals surface area contributed by atoms with E-state index in [2.05, 4.69) is 4.90 Å². The molecule has 0 aromatic heterocycles. The van der Waals surface area contributed by atoms with Crippen molar-refractivity contribution in [2.24, 2.45) is 0 Å². The van der Waals surface area contributed by atoms with Crippen molar-refractivity contribution >= 4 is 17.6 Å². The maximum absolute atomic E-state index is 12.3. The molecule has 7 nitrogen and oxygen atoms in total. The fraction of sp³-hybridized carbons (Fsp3) is 0.364. The second-order valence-electron chi connectivity index (χ2n) is 6.83. The van der Waals surface area contributed by atoms with Crippen LogP contribution in [0.2, 0.25) is 0 Å². The van der Waals surface area contributed by atoms with Crippen molar-refractivity contribution in [1.29, 1.82) is 0 Å². The molecule has 7 heteroatoms. The molecule has 2 aromatic rings. The third kappa shape index (κ3) is 5.88. The number of carbonyl (C=O) groups excluding carboxylic acids is 2. The standard InChI is InChI=1S/C22H26N2O5/c1-17-3-7-20(8-4-17)28-16-22(26)29-15-21(25)24-13-11-23(12-14-24)18-5-9-19(27-2)10-6-18/h3-10H,11-16H2,1-2H3. The highest BCUT2D eigenvalue weighted by molar-refractivity contribution is 5.81. The Morgan fingerprint density at radius 1 is 0.862 bits per heavy atom. The van der Waals surface area contributed by atoms with Gasteiger partial charge in [0.2, 0.25) is 0 Å². The Hall–Kier alpha value is -3.22. The van der Waals surface area contributed by atoms with Crippen LogP contribution in [0.1, 0.15) is 5.56 Å². The smallest absolute Gasteiger partial charge is 0.344 e. The zero-order valence-electron chi connectivity index (χ0n) is 16.8. The van der Waals surface area contributed by atoms with Crippen LogP contribution in [0.3, 0.4) is 0 Å². The predicted molar refractivity (Wildman–Crippen MR) is 109 cm³/mol. The van der Waals surface area contributed by atoms with Crippen molar-refractivity contribution in [3.05, 3.63) is 54.1 Å². The van der Waals surface area contributed by atoms with Crippen LogP contribution in [0.25, 0.3) is 0 Å². The van der Waals surface area contributed by atoms with Gasteiger partial charge in [-0.05, 0) is 43.3 Å². The van der Waals surface area contributed by atoms with Gasteiger partial charge in [0.15, 0.2) is 13.2 Å². The Morgan fingerprint density at radius 2 is 1.48 bits per heavy atom. The molecule has 1 aliphatic heterocycles. The summed E-state index contributed by atoms with van der Waals surface area (Å²) in [5.41, 5.74) is 2.20. The van der Waals surface area contributed by atoms with Crippen molar-refractivity contribution in [2.45, 2.75) is 6.92 Å². The average Bonchev–Trinajstić information content (AvgIpc) is 2.77. The van der Waals surface area contributed by atoms with Gasteiger partial charge in [-0.1, -0.05) is 17.7 Å². The van der Waals surface area contributed by atoms with Gasteiger partial charge in [0, 0.05) is 31.9 Å². The predicted octanol–water partition coefficient (Wildman–Crippen LogP) is 2.27. The molecule has 1 aliphatic rings. The van der Waals surface area contributed by atoms with E-state index >= 15 is 0 Å². The number of nitrogens with zero attached hydrogens (tertiary/aromatic N) is 2. The van der Waals surface area contributed by atoms with E-state index in [1.54, 1.807) is 24.1 Å². The van der Waals surface area contributed by atoms with E-state index in [1.807, 2.05) is 43.3 Å². The number of methoxy groups -OCH3 is 1. The molecule has 0 atom stereocenters. The number of anilines is 1. The summed E-state index contributed by atoms with van der Waals surface area (Å²) in [6.07, 6.45) is 0. The van der Waals surface area contributed by atoms with Crippen LogP contribution in [0.4, 0.5) is 5.69 Å². The van der Waals surface area contributed by atoms with E-state index in [1.165, 1.54) is 0 Å². The zero-order chi connectivity index (χ0) is 20.6. The van der Waals surface area contributed by atoms with Crippen LogP contribution >= 0.6 is 0 Å². The van der Waals surface area contributed by atoms with E-state index in [0.717, 1.165) is 30.1 Å². The molecule has 29 heavy (non-hydrogen) atoms. The molecule has 0 radical (unpaired) electrons. The first-order chi connectivity index (χ1) is 14.0. The normalized spacial score (nSPS) is 13.7. The first-order valence-corrected chi connectivity index (χ1v) is 9.57. The number of esters is 1. The molecule has 1 amide bonds. The summed E-state index contributed by atoms with van der Waals surface area (Å²) in [4.78, 5) is 28.1. The lowest BCUT2D eigenvalue weighted by Crippen LogP contribution is -2.50. The molecule has 0 N–H and O–H groups in total. The number of hydrogen-bond donors (Lipinski definition) is 0. The third-order valence-electron chi connectivity index (χ3n) is 4.80. The lowest BCUT2D eigenvalue weighted by atomic mass is 10.2. The van der Waals surface area contributed by atoms with E-state index in [-0.39, 0.29) is 19.1 Å². The number of piperazine rings is 1. The van der Waals surface area contributed by atoms with Gasteiger partial charge in [-0.3, -0.25) is 4.79 Å². The van der Waals surface area contributed by atoms with E-state index in [4.69, 9.17) is 14.2 Å². The minimum absolute atomic E-state index is 0.192. The van der Waals surface area contributed by atoms with E-state index in [0.29, 0.717) is 18.8 Å². The van der Waals surface area contributed by atoms with Crippen molar-refractivity contribution in [2.75, 3.05) is 51.4 Å². The summed E-state index contributed by atoms with van der Waals surface area (Å²) in [5, 5.41) is 0. The monoisotopic (exact) mass is 398 g/mol. The summed E-state index contributed by atoms with van der Waals surface area (Å²) in [6.45, 7) is 4.11. The number of rotatable bonds is 7. The van der Waals surface area contributed by atoms with Crippen LogP contribution in [0.15, 0.2) is 48.5 Å². The molecule has 1 fully saturated rings. The fourth-order valence-electron chi connectivity index (χ4n) is 3.06. The van der Waals surface area contributed by atoms with Crippen molar-refractivity contribution in [1.82, 2.24) is 4.90 Å². The molecule has 0 bridgehead atoms. The quantitative estimate of drug-likeness (QED) is 0.667. The number of ether oxygens (including phenoxy) is 3. The molecular formula is C22H26N2O5. The lowest BCUT2D eigenvalue weighted by Gasteiger charge is -2.36. The van der Waals surface area contributed by atoms with Gasteiger partial charge >= 0.3 is 5.97 Å². The highest BCUT2D eigenvalue weighted by Gasteiger charge is 2.22. The van der Waals surface area contributed by atoms with Gasteiger partial charge in [0.05, 0.1) is 7.11 Å². The summed E-state index contributed by atoms with van der Waals surface area (Å²) in [5.74, 6) is 0.656. The fourth-order valence-corrected chi connectivity index (χ4v) is 3.06. The number of hydrogen-bond acceptors (Lipinski definition) is 6. The second kappa shape index (κ2) is 9.82. The minimum Gasteiger partial charge on any atom is -0.497 e. The maximum atomic E-state index is 12.3. The van der Waals surface area contributed by atoms with Crippen LogP contribution in [-0.2, 0) is 14.3 Å². The van der Waals surface area contributed by atoms with Crippen molar-refractivity contribution < 1.29 is 23.8 Å². The molecule has 1 saturated heterocycles. The molecule has 0 saturated carbocycles. The molecule has 1 heterocycles. The molecule has 154 valence electrons. The van der Waals surface area contributed by atoms with Gasteiger partial charge in [-0.2, -0.15) is 0 Å². The Morgan fingerprint density at radius 3 is 2.10 bits per heavy atom. The maximum Gasteiger partial charge on any atom is 0.344 e. The van der Waals surface area contributed by atoms with E-state index < -0.39 is 5.97 Å². The topological polar surface area (TPSA) is 68.3 Å². The molecule has 0 aliphatic carbocycles. The minimum atomic E-state index is -0.559. The molecule has 0 spiro atoms. The first-order valence-electron chi connectivity index (χ1n) is 9.57.